The molecule has 7 heteroatoms. The Bertz CT molecular complexity index is 1060. The van der Waals surface area contributed by atoms with Crippen molar-refractivity contribution in [3.8, 4) is 5.75 Å². The van der Waals surface area contributed by atoms with Gasteiger partial charge in [-0.3, -0.25) is 0 Å². The van der Waals surface area contributed by atoms with Crippen LogP contribution in [-0.4, -0.2) is 18.1 Å². The Hall–Kier alpha value is -3.61. The highest BCUT2D eigenvalue weighted by molar-refractivity contribution is 5.84. The van der Waals surface area contributed by atoms with Gasteiger partial charge in [0.2, 0.25) is 0 Å². The van der Waals surface area contributed by atoms with Crippen LogP contribution in [-0.2, 0) is 16.1 Å². The van der Waals surface area contributed by atoms with E-state index in [-0.39, 0.29) is 12.4 Å². The predicted molar refractivity (Wildman–Crippen MR) is 111 cm³/mol. The summed E-state index contributed by atoms with van der Waals surface area (Å²) in [6, 6.07) is 16.1. The van der Waals surface area contributed by atoms with Crippen LogP contribution in [0.1, 0.15) is 31.7 Å². The van der Waals surface area contributed by atoms with Gasteiger partial charge >= 0.3 is 17.7 Å². The van der Waals surface area contributed by atoms with Crippen molar-refractivity contribution in [1.29, 1.82) is 0 Å². The zero-order valence-corrected chi connectivity index (χ0v) is 16.6. The molecule has 1 atom stereocenters. The van der Waals surface area contributed by atoms with E-state index >= 15 is 0 Å². The minimum Gasteiger partial charge on any atom is -0.445 e. The summed E-state index contributed by atoms with van der Waals surface area (Å²) >= 11 is 0. The number of carbonyl (C=O) groups excluding carboxylic acids is 2. The molecule has 0 saturated carbocycles. The van der Waals surface area contributed by atoms with Gasteiger partial charge in [-0.1, -0.05) is 50.1 Å². The molecule has 3 aromatic rings. The molecule has 0 bridgehead atoms. The molecule has 30 heavy (non-hydrogen) atoms. The molecule has 156 valence electrons. The van der Waals surface area contributed by atoms with E-state index in [1.165, 1.54) is 12.1 Å². The lowest BCUT2D eigenvalue weighted by Crippen LogP contribution is -2.43. The summed E-state index contributed by atoms with van der Waals surface area (Å²) in [5.41, 5.74) is 0.667. The minimum atomic E-state index is -0.855. The summed E-state index contributed by atoms with van der Waals surface area (Å²) in [4.78, 5) is 36.2. The van der Waals surface area contributed by atoms with Crippen LogP contribution in [0.15, 0.2) is 69.9 Å². The molecule has 7 nitrogen and oxygen atoms in total. The van der Waals surface area contributed by atoms with Gasteiger partial charge in [-0.05, 0) is 30.2 Å². The van der Waals surface area contributed by atoms with Gasteiger partial charge in [0.25, 0.3) is 0 Å². The van der Waals surface area contributed by atoms with E-state index in [0.717, 1.165) is 18.4 Å². The van der Waals surface area contributed by atoms with Crippen LogP contribution < -0.4 is 15.7 Å². The highest BCUT2D eigenvalue weighted by Crippen LogP contribution is 2.20. The van der Waals surface area contributed by atoms with E-state index < -0.39 is 23.7 Å². The molecule has 0 aliphatic rings. The monoisotopic (exact) mass is 409 g/mol. The number of hydrogen-bond donors (Lipinski definition) is 1. The van der Waals surface area contributed by atoms with Crippen LogP contribution in [0.3, 0.4) is 0 Å². The van der Waals surface area contributed by atoms with Gasteiger partial charge in [0.1, 0.15) is 24.0 Å². The average molecular weight is 409 g/mol. The number of benzene rings is 2. The number of esters is 1. The lowest BCUT2D eigenvalue weighted by molar-refractivity contribution is -0.136. The van der Waals surface area contributed by atoms with E-state index in [1.807, 2.05) is 37.3 Å². The third-order valence-electron chi connectivity index (χ3n) is 4.45. The summed E-state index contributed by atoms with van der Waals surface area (Å²) in [6.45, 7) is 2.09. The zero-order chi connectivity index (χ0) is 21.3. The van der Waals surface area contributed by atoms with Crippen LogP contribution in [0.25, 0.3) is 11.0 Å². The van der Waals surface area contributed by atoms with Crippen molar-refractivity contribution in [2.24, 2.45) is 0 Å². The number of nitrogens with one attached hydrogen (secondary N) is 1. The summed E-state index contributed by atoms with van der Waals surface area (Å²) < 4.78 is 15.7. The Morgan fingerprint density at radius 2 is 1.83 bits per heavy atom. The molecule has 3 rings (SSSR count). The average Bonchev–Trinajstić information content (AvgIpc) is 2.75. The van der Waals surface area contributed by atoms with Crippen LogP contribution in [0.5, 0.6) is 5.75 Å². The van der Waals surface area contributed by atoms with Crippen molar-refractivity contribution in [3.05, 3.63) is 76.6 Å². The maximum Gasteiger partial charge on any atom is 0.408 e. The molecule has 1 N–H and O–H groups in total. The maximum atomic E-state index is 12.6. The van der Waals surface area contributed by atoms with Gasteiger partial charge in [-0.25, -0.2) is 14.4 Å². The second-order valence-corrected chi connectivity index (χ2v) is 6.78. The normalized spacial score (nSPS) is 11.6. The van der Waals surface area contributed by atoms with Crippen molar-refractivity contribution in [2.45, 2.75) is 38.8 Å². The molecule has 0 aliphatic heterocycles. The minimum absolute atomic E-state index is 0.103. The van der Waals surface area contributed by atoms with Gasteiger partial charge < -0.3 is 19.2 Å². The summed E-state index contributed by atoms with van der Waals surface area (Å²) in [7, 11) is 0. The first kappa shape index (κ1) is 21.1. The number of ether oxygens (including phenoxy) is 2. The quantitative estimate of drug-likeness (QED) is 0.341. The van der Waals surface area contributed by atoms with Crippen molar-refractivity contribution in [2.75, 3.05) is 0 Å². The SMILES string of the molecule is CCCC[C@@H](NC(=O)OCc1ccccc1)C(=O)Oc1ccc2ccc(=O)oc2c1. The third kappa shape index (κ3) is 5.94. The second kappa shape index (κ2) is 10.2. The molecule has 0 aliphatic carbocycles. The molecular formula is C23H23NO6. The van der Waals surface area contributed by atoms with Crippen molar-refractivity contribution in [3.63, 3.8) is 0 Å². The standard InChI is InChI=1S/C23H23NO6/c1-2-3-9-19(24-23(27)28-15-16-7-5-4-6-8-16)22(26)29-18-12-10-17-11-13-21(25)30-20(17)14-18/h4-8,10-14,19H,2-3,9,15H2,1H3,(H,24,27)/t19-/m1/s1. The summed E-state index contributed by atoms with van der Waals surface area (Å²) in [5.74, 6) is -0.388. The van der Waals surface area contributed by atoms with Crippen molar-refractivity contribution >= 4 is 23.0 Å². The van der Waals surface area contributed by atoms with Gasteiger partial charge in [-0.2, -0.15) is 0 Å². The molecule has 0 fully saturated rings. The predicted octanol–water partition coefficient (Wildman–Crippen LogP) is 4.18. The molecule has 1 aromatic heterocycles. The molecule has 1 amide bonds. The lowest BCUT2D eigenvalue weighted by atomic mass is 10.1. The van der Waals surface area contributed by atoms with Gasteiger partial charge in [0.05, 0.1) is 0 Å². The molecular weight excluding hydrogens is 386 g/mol. The van der Waals surface area contributed by atoms with Crippen molar-refractivity contribution < 1.29 is 23.5 Å². The Kier molecular flexibility index (Phi) is 7.21. The molecule has 0 spiro atoms. The fraction of sp³-hybridized carbons (Fsp3) is 0.261. The van der Waals surface area contributed by atoms with Crippen molar-refractivity contribution in [1.82, 2.24) is 5.32 Å². The third-order valence-corrected chi connectivity index (χ3v) is 4.45. The largest absolute Gasteiger partial charge is 0.445 e. The Labute approximate surface area is 173 Å². The smallest absolute Gasteiger partial charge is 0.408 e. The highest BCUT2D eigenvalue weighted by atomic mass is 16.6. The molecule has 0 saturated heterocycles. The molecule has 2 aromatic carbocycles. The topological polar surface area (TPSA) is 94.8 Å². The maximum absolute atomic E-state index is 12.6. The molecule has 1 heterocycles. The van der Waals surface area contributed by atoms with Crippen LogP contribution >= 0.6 is 0 Å². The Morgan fingerprint density at radius 1 is 1.07 bits per heavy atom. The fourth-order valence-electron chi connectivity index (χ4n) is 2.86. The second-order valence-electron chi connectivity index (χ2n) is 6.78. The zero-order valence-electron chi connectivity index (χ0n) is 16.6. The number of rotatable bonds is 8. The van der Waals surface area contributed by atoms with E-state index in [0.29, 0.717) is 17.4 Å². The first-order valence-corrected chi connectivity index (χ1v) is 9.78. The van der Waals surface area contributed by atoms with Crippen LogP contribution in [0.4, 0.5) is 4.79 Å². The number of amides is 1. The van der Waals surface area contributed by atoms with Gasteiger partial charge in [-0.15, -0.1) is 0 Å². The summed E-state index contributed by atoms with van der Waals surface area (Å²) in [5, 5.41) is 3.29. The number of hydrogen-bond acceptors (Lipinski definition) is 6. The number of fused-ring (bicyclic) bond motifs is 1. The lowest BCUT2D eigenvalue weighted by Gasteiger charge is -2.17. The van der Waals surface area contributed by atoms with Crippen LogP contribution in [0, 0.1) is 0 Å². The number of unbranched alkanes of at least 4 members (excludes halogenated alkanes) is 1. The number of alkyl carbamates (subject to hydrolysis) is 1. The van der Waals surface area contributed by atoms with Gasteiger partial charge in [0, 0.05) is 17.5 Å². The fourth-order valence-corrected chi connectivity index (χ4v) is 2.86. The first-order chi connectivity index (χ1) is 14.5. The first-order valence-electron chi connectivity index (χ1n) is 9.78. The Morgan fingerprint density at radius 3 is 2.60 bits per heavy atom. The van der Waals surface area contributed by atoms with E-state index in [1.54, 1.807) is 18.2 Å². The molecule has 0 radical (unpaired) electrons. The summed E-state index contributed by atoms with van der Waals surface area (Å²) in [6.07, 6.45) is 1.30. The Balaban J connectivity index is 1.64. The van der Waals surface area contributed by atoms with Gasteiger partial charge in [0.15, 0.2) is 0 Å². The molecule has 0 unspecified atom stereocenters. The van der Waals surface area contributed by atoms with E-state index in [4.69, 9.17) is 13.9 Å². The van der Waals surface area contributed by atoms with E-state index in [9.17, 15) is 14.4 Å². The number of carbonyl (C=O) groups is 2. The van der Waals surface area contributed by atoms with E-state index in [2.05, 4.69) is 5.32 Å². The highest BCUT2D eigenvalue weighted by Gasteiger charge is 2.23. The van der Waals surface area contributed by atoms with Crippen LogP contribution in [0.2, 0.25) is 0 Å².